The fourth-order valence-electron chi connectivity index (χ4n) is 3.10. The maximum atomic E-state index is 11.2. The third kappa shape index (κ3) is 3.96. The summed E-state index contributed by atoms with van der Waals surface area (Å²) in [4.78, 5) is 15.1. The molecule has 0 saturated carbocycles. The Kier molecular flexibility index (Phi) is 5.74. The molecule has 1 unspecified atom stereocenters. The van der Waals surface area contributed by atoms with Crippen LogP contribution < -0.4 is 4.90 Å². The van der Waals surface area contributed by atoms with E-state index in [9.17, 15) is 15.2 Å². The summed E-state index contributed by atoms with van der Waals surface area (Å²) in [6, 6.07) is 5.34. The lowest BCUT2D eigenvalue weighted by Crippen LogP contribution is -2.38. The summed E-state index contributed by atoms with van der Waals surface area (Å²) in [5.41, 5.74) is 1.37. The third-order valence-corrected chi connectivity index (χ3v) is 4.55. The SMILES string of the molecule is CN(CCC1CCCCN1C)c1cc(CO)ccc1[N+](=O)[O-]. The second-order valence-electron chi connectivity index (χ2n) is 6.08. The minimum atomic E-state index is -0.361. The highest BCUT2D eigenvalue weighted by molar-refractivity contribution is 5.64. The number of rotatable bonds is 6. The van der Waals surface area contributed by atoms with Gasteiger partial charge in [-0.1, -0.05) is 6.42 Å². The first kappa shape index (κ1) is 16.7. The van der Waals surface area contributed by atoms with Crippen LogP contribution >= 0.6 is 0 Å². The summed E-state index contributed by atoms with van der Waals surface area (Å²) < 4.78 is 0. The summed E-state index contributed by atoms with van der Waals surface area (Å²) in [5, 5.41) is 20.4. The Labute approximate surface area is 131 Å². The summed E-state index contributed by atoms with van der Waals surface area (Å²) >= 11 is 0. The molecule has 1 fully saturated rings. The van der Waals surface area contributed by atoms with E-state index in [1.54, 1.807) is 12.1 Å². The van der Waals surface area contributed by atoms with Gasteiger partial charge in [-0.15, -0.1) is 0 Å². The van der Waals surface area contributed by atoms with Crippen LogP contribution in [0.3, 0.4) is 0 Å². The van der Waals surface area contributed by atoms with E-state index in [1.165, 1.54) is 25.3 Å². The molecule has 0 radical (unpaired) electrons. The summed E-state index contributed by atoms with van der Waals surface area (Å²) in [6.45, 7) is 1.80. The molecule has 0 aliphatic carbocycles. The van der Waals surface area contributed by atoms with Gasteiger partial charge in [0.25, 0.3) is 5.69 Å². The van der Waals surface area contributed by atoms with Gasteiger partial charge < -0.3 is 14.9 Å². The highest BCUT2D eigenvalue weighted by atomic mass is 16.6. The van der Waals surface area contributed by atoms with Crippen LogP contribution in [0.4, 0.5) is 11.4 Å². The maximum absolute atomic E-state index is 11.2. The van der Waals surface area contributed by atoms with Crippen molar-refractivity contribution < 1.29 is 10.0 Å². The standard InChI is InChI=1S/C16H25N3O3/c1-17-9-4-3-5-14(17)8-10-18(2)16-11-13(12-20)6-7-15(16)19(21)22/h6-7,11,14,20H,3-5,8-10,12H2,1-2H3. The third-order valence-electron chi connectivity index (χ3n) is 4.55. The van der Waals surface area contributed by atoms with Gasteiger partial charge in [0, 0.05) is 25.7 Å². The molecule has 0 spiro atoms. The molecule has 0 aromatic heterocycles. The van der Waals surface area contributed by atoms with Crippen molar-refractivity contribution >= 4 is 11.4 Å². The zero-order chi connectivity index (χ0) is 16.1. The lowest BCUT2D eigenvalue weighted by Gasteiger charge is -2.33. The first-order chi connectivity index (χ1) is 10.5. The maximum Gasteiger partial charge on any atom is 0.292 e. The number of anilines is 1. The minimum absolute atomic E-state index is 0.0942. The molecule has 22 heavy (non-hydrogen) atoms. The van der Waals surface area contributed by atoms with E-state index in [-0.39, 0.29) is 17.2 Å². The van der Waals surface area contributed by atoms with E-state index >= 15 is 0 Å². The number of hydrogen-bond acceptors (Lipinski definition) is 5. The van der Waals surface area contributed by atoms with E-state index in [0.717, 1.165) is 19.5 Å². The van der Waals surface area contributed by atoms with E-state index in [4.69, 9.17) is 0 Å². The van der Waals surface area contributed by atoms with Gasteiger partial charge in [0.1, 0.15) is 5.69 Å². The molecule has 2 rings (SSSR count). The number of benzene rings is 1. The van der Waals surface area contributed by atoms with Crippen LogP contribution in [0.2, 0.25) is 0 Å². The molecule has 0 amide bonds. The van der Waals surface area contributed by atoms with Crippen LogP contribution in [0, 0.1) is 10.1 Å². The van der Waals surface area contributed by atoms with Crippen LogP contribution in [-0.4, -0.2) is 48.2 Å². The molecule has 1 N–H and O–H groups in total. The molecular weight excluding hydrogens is 282 g/mol. The Bertz CT molecular complexity index is 521. The normalized spacial score (nSPS) is 19.1. The average Bonchev–Trinajstić information content (AvgIpc) is 2.53. The molecule has 1 saturated heterocycles. The molecule has 0 bridgehead atoms. The van der Waals surface area contributed by atoms with Crippen molar-refractivity contribution in [2.24, 2.45) is 0 Å². The number of nitro groups is 1. The fourth-order valence-corrected chi connectivity index (χ4v) is 3.10. The Morgan fingerprint density at radius 3 is 2.86 bits per heavy atom. The first-order valence-corrected chi connectivity index (χ1v) is 7.82. The molecule has 1 heterocycles. The van der Waals surface area contributed by atoms with Gasteiger partial charge in [0.2, 0.25) is 0 Å². The molecule has 6 heteroatoms. The molecule has 1 aliphatic rings. The van der Waals surface area contributed by atoms with Gasteiger partial charge in [-0.25, -0.2) is 0 Å². The number of nitrogens with zero attached hydrogens (tertiary/aromatic N) is 3. The lowest BCUT2D eigenvalue weighted by molar-refractivity contribution is -0.384. The highest BCUT2D eigenvalue weighted by Crippen LogP contribution is 2.29. The van der Waals surface area contributed by atoms with Crippen LogP contribution in [0.25, 0.3) is 0 Å². The van der Waals surface area contributed by atoms with Crippen molar-refractivity contribution in [3.63, 3.8) is 0 Å². The Morgan fingerprint density at radius 2 is 2.23 bits per heavy atom. The van der Waals surface area contributed by atoms with Crippen molar-refractivity contribution in [2.45, 2.75) is 38.3 Å². The van der Waals surface area contributed by atoms with Gasteiger partial charge in [0.15, 0.2) is 0 Å². The van der Waals surface area contributed by atoms with Crippen molar-refractivity contribution in [1.82, 2.24) is 4.90 Å². The molecule has 6 nitrogen and oxygen atoms in total. The molecule has 1 aromatic carbocycles. The predicted molar refractivity (Wildman–Crippen MR) is 87.2 cm³/mol. The van der Waals surface area contributed by atoms with Crippen molar-refractivity contribution in [3.8, 4) is 0 Å². The number of aliphatic hydroxyl groups is 1. The zero-order valence-electron chi connectivity index (χ0n) is 13.4. The van der Waals surface area contributed by atoms with E-state index in [2.05, 4.69) is 11.9 Å². The minimum Gasteiger partial charge on any atom is -0.392 e. The second-order valence-corrected chi connectivity index (χ2v) is 6.08. The Morgan fingerprint density at radius 1 is 1.45 bits per heavy atom. The van der Waals surface area contributed by atoms with Gasteiger partial charge >= 0.3 is 0 Å². The zero-order valence-corrected chi connectivity index (χ0v) is 13.4. The lowest BCUT2D eigenvalue weighted by atomic mass is 10.00. The topological polar surface area (TPSA) is 69.8 Å². The number of likely N-dealkylation sites (tertiary alicyclic amines) is 1. The van der Waals surface area contributed by atoms with Crippen LogP contribution in [-0.2, 0) is 6.61 Å². The van der Waals surface area contributed by atoms with Crippen molar-refractivity contribution in [3.05, 3.63) is 33.9 Å². The van der Waals surface area contributed by atoms with Gasteiger partial charge in [-0.2, -0.15) is 0 Å². The molecule has 1 atom stereocenters. The molecule has 122 valence electrons. The van der Waals surface area contributed by atoms with Crippen LogP contribution in [0.15, 0.2) is 18.2 Å². The van der Waals surface area contributed by atoms with Crippen molar-refractivity contribution in [2.75, 3.05) is 32.1 Å². The monoisotopic (exact) mass is 307 g/mol. The number of piperidine rings is 1. The van der Waals surface area contributed by atoms with E-state index in [0.29, 0.717) is 17.3 Å². The average molecular weight is 307 g/mol. The van der Waals surface area contributed by atoms with Crippen LogP contribution in [0.1, 0.15) is 31.2 Å². The molecular formula is C16H25N3O3. The smallest absolute Gasteiger partial charge is 0.292 e. The number of nitro benzene ring substituents is 1. The molecule has 1 aliphatic heterocycles. The number of hydrogen-bond donors (Lipinski definition) is 1. The summed E-state index contributed by atoms with van der Waals surface area (Å²) in [7, 11) is 4.03. The first-order valence-electron chi connectivity index (χ1n) is 7.82. The van der Waals surface area contributed by atoms with Crippen molar-refractivity contribution in [1.29, 1.82) is 0 Å². The van der Waals surface area contributed by atoms with Gasteiger partial charge in [-0.05, 0) is 50.6 Å². The quantitative estimate of drug-likeness (QED) is 0.645. The van der Waals surface area contributed by atoms with E-state index in [1.807, 2.05) is 11.9 Å². The van der Waals surface area contributed by atoms with Gasteiger partial charge in [0.05, 0.1) is 11.5 Å². The summed E-state index contributed by atoms with van der Waals surface area (Å²) in [6.07, 6.45) is 4.71. The largest absolute Gasteiger partial charge is 0.392 e. The Balaban J connectivity index is 2.07. The number of aliphatic hydroxyl groups excluding tert-OH is 1. The highest BCUT2D eigenvalue weighted by Gasteiger charge is 2.21. The molecule has 1 aromatic rings. The van der Waals surface area contributed by atoms with Crippen LogP contribution in [0.5, 0.6) is 0 Å². The summed E-state index contributed by atoms with van der Waals surface area (Å²) in [5.74, 6) is 0. The Hall–Kier alpha value is -1.66. The second kappa shape index (κ2) is 7.56. The van der Waals surface area contributed by atoms with E-state index < -0.39 is 0 Å². The fraction of sp³-hybridized carbons (Fsp3) is 0.625. The van der Waals surface area contributed by atoms with Gasteiger partial charge in [-0.3, -0.25) is 10.1 Å². The predicted octanol–water partition coefficient (Wildman–Crippen LogP) is 2.40.